The van der Waals surface area contributed by atoms with Gasteiger partial charge in [-0.15, -0.1) is 0 Å². The van der Waals surface area contributed by atoms with E-state index in [-0.39, 0.29) is 0 Å². The lowest BCUT2D eigenvalue weighted by molar-refractivity contribution is 0.880. The standard InChI is InChI=1S/C25H28N4/c1-5-10-20-13-9-14-21(27-20)25-28-24-22(15-17(4)16-26-24)29(25)23-18(6-2)11-8-12-19(23)7-3/h8-9,11-16H,5-7,10H2,1-4H3. The van der Waals surface area contributed by atoms with Crippen LogP contribution in [0.15, 0.2) is 48.7 Å². The number of benzene rings is 1. The fraction of sp³-hybridized carbons (Fsp3) is 0.320. The van der Waals surface area contributed by atoms with Gasteiger partial charge >= 0.3 is 0 Å². The number of para-hydroxylation sites is 1. The van der Waals surface area contributed by atoms with Gasteiger partial charge in [-0.05, 0) is 61.1 Å². The van der Waals surface area contributed by atoms with Crippen LogP contribution in [0.5, 0.6) is 0 Å². The molecule has 4 nitrogen and oxygen atoms in total. The van der Waals surface area contributed by atoms with Gasteiger partial charge in [0.1, 0.15) is 5.69 Å². The second-order valence-corrected chi connectivity index (χ2v) is 7.52. The molecule has 0 unspecified atom stereocenters. The van der Waals surface area contributed by atoms with Gasteiger partial charge in [0.05, 0.1) is 11.2 Å². The number of nitrogens with zero attached hydrogens (tertiary/aromatic N) is 4. The van der Waals surface area contributed by atoms with Crippen LogP contribution in [0.3, 0.4) is 0 Å². The Bertz CT molecular complexity index is 1130. The average Bonchev–Trinajstić information content (AvgIpc) is 3.11. The van der Waals surface area contributed by atoms with Crippen molar-refractivity contribution in [2.24, 2.45) is 0 Å². The SMILES string of the molecule is CCCc1cccc(-c2nc3ncc(C)cc3n2-c2c(CC)cccc2CC)n1. The molecule has 3 heterocycles. The van der Waals surface area contributed by atoms with Gasteiger partial charge in [-0.2, -0.15) is 0 Å². The Hall–Kier alpha value is -3.01. The summed E-state index contributed by atoms with van der Waals surface area (Å²) < 4.78 is 2.28. The van der Waals surface area contributed by atoms with E-state index in [4.69, 9.17) is 9.97 Å². The van der Waals surface area contributed by atoms with Gasteiger partial charge in [0.25, 0.3) is 0 Å². The highest BCUT2D eigenvalue weighted by atomic mass is 15.1. The van der Waals surface area contributed by atoms with Crippen LogP contribution >= 0.6 is 0 Å². The summed E-state index contributed by atoms with van der Waals surface area (Å²) in [4.78, 5) is 14.5. The number of rotatable bonds is 6. The molecule has 29 heavy (non-hydrogen) atoms. The van der Waals surface area contributed by atoms with Crippen LogP contribution in [-0.2, 0) is 19.3 Å². The van der Waals surface area contributed by atoms with Crippen molar-refractivity contribution in [1.29, 1.82) is 0 Å². The second-order valence-electron chi connectivity index (χ2n) is 7.52. The first-order valence-corrected chi connectivity index (χ1v) is 10.6. The van der Waals surface area contributed by atoms with E-state index in [0.29, 0.717) is 0 Å². The van der Waals surface area contributed by atoms with Crippen LogP contribution in [-0.4, -0.2) is 19.5 Å². The molecule has 0 spiro atoms. The van der Waals surface area contributed by atoms with E-state index < -0.39 is 0 Å². The van der Waals surface area contributed by atoms with Crippen LogP contribution in [0.25, 0.3) is 28.4 Å². The lowest BCUT2D eigenvalue weighted by Gasteiger charge is -2.17. The van der Waals surface area contributed by atoms with E-state index in [1.807, 2.05) is 6.20 Å². The average molecular weight is 385 g/mol. The quantitative estimate of drug-likeness (QED) is 0.418. The van der Waals surface area contributed by atoms with Crippen LogP contribution < -0.4 is 0 Å². The molecule has 0 aliphatic rings. The number of aromatic nitrogens is 4. The second kappa shape index (κ2) is 8.16. The molecular weight excluding hydrogens is 356 g/mol. The molecule has 4 heteroatoms. The van der Waals surface area contributed by atoms with E-state index in [9.17, 15) is 0 Å². The smallest absolute Gasteiger partial charge is 0.178 e. The normalized spacial score (nSPS) is 11.3. The van der Waals surface area contributed by atoms with Gasteiger partial charge in [-0.1, -0.05) is 51.5 Å². The molecule has 0 aliphatic carbocycles. The number of pyridine rings is 2. The molecule has 0 radical (unpaired) electrons. The number of imidazole rings is 1. The number of hydrogen-bond acceptors (Lipinski definition) is 3. The van der Waals surface area contributed by atoms with E-state index in [1.54, 1.807) is 0 Å². The minimum atomic E-state index is 0.765. The van der Waals surface area contributed by atoms with Crippen molar-refractivity contribution >= 4 is 11.2 Å². The summed E-state index contributed by atoms with van der Waals surface area (Å²) >= 11 is 0. The van der Waals surface area contributed by atoms with Crippen molar-refractivity contribution in [3.05, 3.63) is 71.0 Å². The minimum absolute atomic E-state index is 0.765. The lowest BCUT2D eigenvalue weighted by Crippen LogP contribution is -2.06. The number of aryl methyl sites for hydroxylation is 4. The van der Waals surface area contributed by atoms with Gasteiger partial charge in [-0.25, -0.2) is 15.0 Å². The predicted molar refractivity (Wildman–Crippen MR) is 120 cm³/mol. The molecule has 4 aromatic rings. The molecule has 0 N–H and O–H groups in total. The van der Waals surface area contributed by atoms with Gasteiger partial charge in [0, 0.05) is 11.9 Å². The highest BCUT2D eigenvalue weighted by Gasteiger charge is 2.20. The summed E-state index contributed by atoms with van der Waals surface area (Å²) in [6.45, 7) is 8.68. The van der Waals surface area contributed by atoms with E-state index in [1.165, 1.54) is 16.8 Å². The molecule has 0 aliphatic heterocycles. The Kier molecular flexibility index (Phi) is 5.43. The highest BCUT2D eigenvalue weighted by molar-refractivity contribution is 5.81. The number of hydrogen-bond donors (Lipinski definition) is 0. The first kappa shape index (κ1) is 19.3. The maximum atomic E-state index is 4.94. The predicted octanol–water partition coefficient (Wildman–Crippen LogP) is 5.87. The maximum absolute atomic E-state index is 4.94. The highest BCUT2D eigenvalue weighted by Crippen LogP contribution is 2.32. The van der Waals surface area contributed by atoms with Gasteiger partial charge in [0.15, 0.2) is 11.5 Å². The zero-order valence-corrected chi connectivity index (χ0v) is 17.7. The minimum Gasteiger partial charge on any atom is -0.289 e. The Morgan fingerprint density at radius 3 is 2.31 bits per heavy atom. The fourth-order valence-corrected chi connectivity index (χ4v) is 3.96. The van der Waals surface area contributed by atoms with Crippen molar-refractivity contribution in [2.45, 2.75) is 53.4 Å². The molecule has 0 bridgehead atoms. The summed E-state index contributed by atoms with van der Waals surface area (Å²) in [6, 6.07) is 15.0. The zero-order chi connectivity index (χ0) is 20.4. The molecule has 0 atom stereocenters. The molecule has 0 fully saturated rings. The summed E-state index contributed by atoms with van der Waals surface area (Å²) in [7, 11) is 0. The van der Waals surface area contributed by atoms with Crippen LogP contribution in [0.2, 0.25) is 0 Å². The largest absolute Gasteiger partial charge is 0.289 e. The van der Waals surface area contributed by atoms with Crippen molar-refractivity contribution in [1.82, 2.24) is 19.5 Å². The van der Waals surface area contributed by atoms with Crippen LogP contribution in [0.4, 0.5) is 0 Å². The summed E-state index contributed by atoms with van der Waals surface area (Å²) in [6.07, 6.45) is 5.86. The Morgan fingerprint density at radius 2 is 1.62 bits per heavy atom. The molecule has 0 saturated carbocycles. The molecule has 0 saturated heterocycles. The summed E-state index contributed by atoms with van der Waals surface area (Å²) in [5, 5.41) is 0. The van der Waals surface area contributed by atoms with Gasteiger partial charge in [-0.3, -0.25) is 4.57 Å². The Morgan fingerprint density at radius 1 is 0.897 bits per heavy atom. The van der Waals surface area contributed by atoms with E-state index >= 15 is 0 Å². The Balaban J connectivity index is 2.07. The summed E-state index contributed by atoms with van der Waals surface area (Å²) in [5.74, 6) is 0.867. The zero-order valence-electron chi connectivity index (χ0n) is 17.7. The third-order valence-electron chi connectivity index (χ3n) is 5.38. The summed E-state index contributed by atoms with van der Waals surface area (Å²) in [5.41, 5.74) is 8.80. The molecule has 3 aromatic heterocycles. The number of fused-ring (bicyclic) bond motifs is 1. The fourth-order valence-electron chi connectivity index (χ4n) is 3.96. The third-order valence-corrected chi connectivity index (χ3v) is 5.38. The van der Waals surface area contributed by atoms with Gasteiger partial charge in [0.2, 0.25) is 0 Å². The van der Waals surface area contributed by atoms with Crippen molar-refractivity contribution < 1.29 is 0 Å². The van der Waals surface area contributed by atoms with Crippen LogP contribution in [0, 0.1) is 6.92 Å². The molecular formula is C25H28N4. The lowest BCUT2D eigenvalue weighted by atomic mass is 10.0. The van der Waals surface area contributed by atoms with E-state index in [2.05, 4.69) is 79.7 Å². The van der Waals surface area contributed by atoms with Crippen molar-refractivity contribution in [2.75, 3.05) is 0 Å². The van der Waals surface area contributed by atoms with Crippen molar-refractivity contribution in [3.8, 4) is 17.2 Å². The van der Waals surface area contributed by atoms with E-state index in [0.717, 1.165) is 59.6 Å². The Labute approximate surface area is 172 Å². The monoisotopic (exact) mass is 384 g/mol. The molecule has 1 aromatic carbocycles. The maximum Gasteiger partial charge on any atom is 0.178 e. The molecule has 0 amide bonds. The topological polar surface area (TPSA) is 43.6 Å². The van der Waals surface area contributed by atoms with Crippen LogP contribution in [0.1, 0.15) is 49.6 Å². The molecule has 4 rings (SSSR count). The van der Waals surface area contributed by atoms with Gasteiger partial charge < -0.3 is 0 Å². The first-order valence-electron chi connectivity index (χ1n) is 10.6. The third kappa shape index (κ3) is 3.55. The van der Waals surface area contributed by atoms with Crippen molar-refractivity contribution in [3.63, 3.8) is 0 Å². The first-order chi connectivity index (χ1) is 14.2. The molecule has 148 valence electrons.